The maximum absolute atomic E-state index is 11.4. The monoisotopic (exact) mass is 217 g/mol. The van der Waals surface area contributed by atoms with Gasteiger partial charge in [0.15, 0.2) is 0 Å². The van der Waals surface area contributed by atoms with E-state index in [1.165, 1.54) is 0 Å². The first kappa shape index (κ1) is 13.5. The fourth-order valence-electron chi connectivity index (χ4n) is 1.07. The zero-order valence-corrected chi connectivity index (χ0v) is 9.73. The summed E-state index contributed by atoms with van der Waals surface area (Å²) in [5, 5.41) is 0. The van der Waals surface area contributed by atoms with E-state index in [0.717, 1.165) is 12.8 Å². The van der Waals surface area contributed by atoms with E-state index in [-0.39, 0.29) is 11.8 Å². The largest absolute Gasteiger partial charge is 0.212 e. The zero-order valence-electron chi connectivity index (χ0n) is 8.91. The molecule has 1 N–H and O–H groups in total. The highest BCUT2D eigenvalue weighted by Gasteiger charge is 2.14. The Morgan fingerprint density at radius 2 is 2.00 bits per heavy atom. The molecule has 0 amide bonds. The summed E-state index contributed by atoms with van der Waals surface area (Å²) in [5.74, 6) is 2.62. The highest BCUT2D eigenvalue weighted by Crippen LogP contribution is 2.00. The Morgan fingerprint density at radius 3 is 2.43 bits per heavy atom. The molecule has 0 heterocycles. The van der Waals surface area contributed by atoms with Gasteiger partial charge in [-0.25, -0.2) is 13.1 Å². The molecule has 1 atom stereocenters. The zero-order chi connectivity index (χ0) is 11.0. The second kappa shape index (κ2) is 6.86. The Labute approximate surface area is 87.3 Å². The van der Waals surface area contributed by atoms with Crippen LogP contribution in [0.25, 0.3) is 0 Å². The van der Waals surface area contributed by atoms with Crippen LogP contribution in [0.15, 0.2) is 0 Å². The van der Waals surface area contributed by atoms with Crippen molar-refractivity contribution in [2.45, 2.75) is 45.6 Å². The molecule has 4 heteroatoms. The Kier molecular flexibility index (Phi) is 6.60. The Morgan fingerprint density at radius 1 is 1.36 bits per heavy atom. The fourth-order valence-corrected chi connectivity index (χ4v) is 2.48. The Balaban J connectivity index is 4.13. The van der Waals surface area contributed by atoms with Crippen LogP contribution >= 0.6 is 0 Å². The van der Waals surface area contributed by atoms with Gasteiger partial charge in [-0.1, -0.05) is 32.6 Å². The minimum Gasteiger partial charge on any atom is -0.212 e. The lowest BCUT2D eigenvalue weighted by Crippen LogP contribution is -2.35. The van der Waals surface area contributed by atoms with E-state index in [2.05, 4.69) is 10.6 Å². The summed E-state index contributed by atoms with van der Waals surface area (Å²) < 4.78 is 25.4. The van der Waals surface area contributed by atoms with E-state index in [1.807, 2.05) is 13.8 Å². The molecule has 14 heavy (non-hydrogen) atoms. The minimum atomic E-state index is -3.17. The van der Waals surface area contributed by atoms with Gasteiger partial charge < -0.3 is 0 Å². The highest BCUT2D eigenvalue weighted by molar-refractivity contribution is 7.89. The molecule has 0 spiro atoms. The van der Waals surface area contributed by atoms with Crippen LogP contribution in [0.1, 0.15) is 39.5 Å². The number of hydrogen-bond donors (Lipinski definition) is 1. The quantitative estimate of drug-likeness (QED) is 0.657. The molecule has 0 fully saturated rings. The van der Waals surface area contributed by atoms with E-state index in [1.54, 1.807) is 0 Å². The third kappa shape index (κ3) is 6.01. The summed E-state index contributed by atoms with van der Waals surface area (Å²) in [6.07, 6.45) is 8.34. The molecule has 0 aliphatic rings. The van der Waals surface area contributed by atoms with Crippen LogP contribution in [0.4, 0.5) is 0 Å². The van der Waals surface area contributed by atoms with Crippen LogP contribution in [0.2, 0.25) is 0 Å². The van der Waals surface area contributed by atoms with Crippen LogP contribution < -0.4 is 4.72 Å². The van der Waals surface area contributed by atoms with Gasteiger partial charge in [0, 0.05) is 0 Å². The van der Waals surface area contributed by atoms with Crippen molar-refractivity contribution in [2.24, 2.45) is 0 Å². The van der Waals surface area contributed by atoms with Gasteiger partial charge in [0.25, 0.3) is 0 Å². The fraction of sp³-hybridized carbons (Fsp3) is 0.800. The van der Waals surface area contributed by atoms with Crippen molar-refractivity contribution in [3.63, 3.8) is 0 Å². The number of rotatable bonds is 7. The van der Waals surface area contributed by atoms with Crippen molar-refractivity contribution in [1.82, 2.24) is 4.72 Å². The van der Waals surface area contributed by atoms with Crippen molar-refractivity contribution >= 4 is 10.0 Å². The van der Waals surface area contributed by atoms with Gasteiger partial charge in [-0.15, -0.1) is 6.42 Å². The molecule has 0 aliphatic carbocycles. The molecule has 0 radical (unpaired) electrons. The SMILES string of the molecule is C#CC(CCC)NS(=O)(=O)CCCC. The summed E-state index contributed by atoms with van der Waals surface area (Å²) >= 11 is 0. The van der Waals surface area contributed by atoms with Crippen LogP contribution in [-0.4, -0.2) is 20.2 Å². The third-order valence-corrected chi connectivity index (χ3v) is 3.34. The Bertz CT molecular complexity index is 277. The van der Waals surface area contributed by atoms with Crippen LogP contribution in [0.3, 0.4) is 0 Å². The van der Waals surface area contributed by atoms with Gasteiger partial charge in [0.2, 0.25) is 10.0 Å². The molecular weight excluding hydrogens is 198 g/mol. The van der Waals surface area contributed by atoms with E-state index >= 15 is 0 Å². The average Bonchev–Trinajstić information content (AvgIpc) is 2.14. The lowest BCUT2D eigenvalue weighted by molar-refractivity contribution is 0.561. The lowest BCUT2D eigenvalue weighted by Gasteiger charge is -2.11. The van der Waals surface area contributed by atoms with Gasteiger partial charge >= 0.3 is 0 Å². The van der Waals surface area contributed by atoms with E-state index in [9.17, 15) is 8.42 Å². The van der Waals surface area contributed by atoms with Crippen molar-refractivity contribution < 1.29 is 8.42 Å². The average molecular weight is 217 g/mol. The maximum atomic E-state index is 11.4. The minimum absolute atomic E-state index is 0.172. The molecule has 3 nitrogen and oxygen atoms in total. The summed E-state index contributed by atoms with van der Waals surface area (Å²) in [4.78, 5) is 0. The first-order chi connectivity index (χ1) is 6.55. The molecule has 1 unspecified atom stereocenters. The van der Waals surface area contributed by atoms with E-state index in [4.69, 9.17) is 6.42 Å². The summed E-state index contributed by atoms with van der Waals surface area (Å²) in [6, 6.07) is -0.346. The molecule has 0 aromatic rings. The van der Waals surface area contributed by atoms with Crippen LogP contribution in [-0.2, 0) is 10.0 Å². The normalized spacial score (nSPS) is 13.5. The van der Waals surface area contributed by atoms with Gasteiger partial charge in [-0.05, 0) is 12.8 Å². The maximum Gasteiger partial charge on any atom is 0.212 e. The number of unbranched alkanes of at least 4 members (excludes halogenated alkanes) is 1. The number of sulfonamides is 1. The van der Waals surface area contributed by atoms with Crippen molar-refractivity contribution in [1.29, 1.82) is 0 Å². The molecule has 0 aromatic heterocycles. The third-order valence-electron chi connectivity index (χ3n) is 1.87. The van der Waals surface area contributed by atoms with Gasteiger partial charge in [-0.3, -0.25) is 0 Å². The van der Waals surface area contributed by atoms with Crippen molar-refractivity contribution in [3.8, 4) is 12.3 Å². The molecule has 0 rings (SSSR count). The summed E-state index contributed by atoms with van der Waals surface area (Å²) in [5.41, 5.74) is 0. The predicted octanol–water partition coefficient (Wildman–Crippen LogP) is 1.51. The number of nitrogens with one attached hydrogen (secondary N) is 1. The first-order valence-corrected chi connectivity index (χ1v) is 6.67. The van der Waals surface area contributed by atoms with Crippen LogP contribution in [0, 0.1) is 12.3 Å². The topological polar surface area (TPSA) is 46.2 Å². The van der Waals surface area contributed by atoms with Crippen molar-refractivity contribution in [3.05, 3.63) is 0 Å². The van der Waals surface area contributed by atoms with Gasteiger partial charge in [0.1, 0.15) is 0 Å². The summed E-state index contributed by atoms with van der Waals surface area (Å²) in [6.45, 7) is 3.94. The van der Waals surface area contributed by atoms with E-state index in [0.29, 0.717) is 12.8 Å². The van der Waals surface area contributed by atoms with Crippen LogP contribution in [0.5, 0.6) is 0 Å². The predicted molar refractivity (Wildman–Crippen MR) is 59.4 cm³/mol. The molecule has 0 aromatic carbocycles. The molecule has 0 aliphatic heterocycles. The second-order valence-corrected chi connectivity index (χ2v) is 5.17. The van der Waals surface area contributed by atoms with Gasteiger partial charge in [0.05, 0.1) is 11.8 Å². The molecule has 82 valence electrons. The molecule has 0 saturated carbocycles. The summed E-state index contributed by atoms with van der Waals surface area (Å²) in [7, 11) is -3.17. The van der Waals surface area contributed by atoms with Crippen molar-refractivity contribution in [2.75, 3.05) is 5.75 Å². The number of hydrogen-bond acceptors (Lipinski definition) is 2. The highest BCUT2D eigenvalue weighted by atomic mass is 32.2. The lowest BCUT2D eigenvalue weighted by atomic mass is 10.2. The Hall–Kier alpha value is -0.530. The number of terminal acetylenes is 1. The smallest absolute Gasteiger partial charge is 0.212 e. The van der Waals surface area contributed by atoms with E-state index < -0.39 is 10.0 Å². The van der Waals surface area contributed by atoms with Gasteiger partial charge in [-0.2, -0.15) is 0 Å². The molecular formula is C10H19NO2S. The second-order valence-electron chi connectivity index (χ2n) is 3.30. The standard InChI is InChI=1S/C10H19NO2S/c1-4-7-9-14(12,13)11-10(6-3)8-5-2/h3,10-11H,4-5,7-9H2,1-2H3. The molecule has 0 bridgehead atoms. The molecule has 0 saturated heterocycles. The first-order valence-electron chi connectivity index (χ1n) is 5.01.